The predicted octanol–water partition coefficient (Wildman–Crippen LogP) is 3.87. The number of carbonyl (C=O) groups is 1. The van der Waals surface area contributed by atoms with E-state index in [9.17, 15) is 4.79 Å². The second-order valence-electron chi connectivity index (χ2n) is 4.43. The zero-order valence-electron chi connectivity index (χ0n) is 11.3. The Kier molecular flexibility index (Phi) is 5.09. The molecule has 0 unspecified atom stereocenters. The van der Waals surface area contributed by atoms with Gasteiger partial charge >= 0.3 is 0 Å². The molecule has 0 atom stereocenters. The summed E-state index contributed by atoms with van der Waals surface area (Å²) >= 11 is 9.19. The first-order valence-electron chi connectivity index (χ1n) is 6.17. The van der Waals surface area contributed by atoms with Crippen molar-refractivity contribution in [1.82, 2.24) is 0 Å². The van der Waals surface area contributed by atoms with Gasteiger partial charge in [-0.05, 0) is 39.7 Å². The van der Waals surface area contributed by atoms with E-state index in [2.05, 4.69) is 21.2 Å². The van der Waals surface area contributed by atoms with Gasteiger partial charge in [0.1, 0.15) is 5.75 Å². The van der Waals surface area contributed by atoms with Crippen molar-refractivity contribution in [2.75, 3.05) is 18.2 Å². The number of ether oxygens (including phenoxy) is 1. The number of rotatable bonds is 4. The van der Waals surface area contributed by atoms with Gasteiger partial charge in [-0.1, -0.05) is 23.7 Å². The van der Waals surface area contributed by atoms with Gasteiger partial charge in [-0.15, -0.1) is 0 Å². The Balaban J connectivity index is 2.14. The molecule has 1 amide bonds. The molecule has 0 bridgehead atoms. The average Bonchev–Trinajstić information content (AvgIpc) is 2.44. The number of nitrogen functional groups attached to an aromatic ring is 1. The topological polar surface area (TPSA) is 64.3 Å². The van der Waals surface area contributed by atoms with Gasteiger partial charge in [0.2, 0.25) is 5.91 Å². The molecule has 3 N–H and O–H groups in total. The van der Waals surface area contributed by atoms with Crippen LogP contribution < -0.4 is 15.8 Å². The largest absolute Gasteiger partial charge is 0.494 e. The van der Waals surface area contributed by atoms with Crippen LogP contribution in [-0.4, -0.2) is 13.0 Å². The van der Waals surface area contributed by atoms with Crippen molar-refractivity contribution >= 4 is 44.8 Å². The van der Waals surface area contributed by atoms with Crippen LogP contribution in [0.1, 0.15) is 5.56 Å². The van der Waals surface area contributed by atoms with Crippen LogP contribution in [0.25, 0.3) is 0 Å². The van der Waals surface area contributed by atoms with E-state index in [1.807, 2.05) is 12.1 Å². The molecule has 0 radical (unpaired) electrons. The van der Waals surface area contributed by atoms with Gasteiger partial charge in [0.25, 0.3) is 0 Å². The minimum absolute atomic E-state index is 0.152. The second-order valence-corrected chi connectivity index (χ2v) is 5.72. The molecule has 0 spiro atoms. The molecule has 2 aromatic rings. The van der Waals surface area contributed by atoms with Gasteiger partial charge in [-0.25, -0.2) is 0 Å². The number of hydrogen-bond donors (Lipinski definition) is 2. The van der Waals surface area contributed by atoms with Crippen molar-refractivity contribution in [1.29, 1.82) is 0 Å². The summed E-state index contributed by atoms with van der Waals surface area (Å²) in [6, 6.07) is 10.5. The fraction of sp³-hybridized carbons (Fsp3) is 0.133. The van der Waals surface area contributed by atoms with E-state index in [-0.39, 0.29) is 12.3 Å². The molecular weight excluding hydrogens is 356 g/mol. The number of hydrogen-bond acceptors (Lipinski definition) is 3. The summed E-state index contributed by atoms with van der Waals surface area (Å²) in [6.45, 7) is 0. The van der Waals surface area contributed by atoms with Crippen molar-refractivity contribution in [2.45, 2.75) is 6.42 Å². The fourth-order valence-electron chi connectivity index (χ4n) is 1.85. The molecule has 6 heteroatoms. The Bertz CT molecular complexity index is 659. The highest BCUT2D eigenvalue weighted by Crippen LogP contribution is 2.35. The standard InChI is InChI=1S/C15H14BrClN2O2/c1-21-13-8-11(18)7-12(16)15(13)19-14(20)6-9-2-4-10(17)5-3-9/h2-5,7-8H,6,18H2,1H3,(H,19,20). The summed E-state index contributed by atoms with van der Waals surface area (Å²) in [5.41, 5.74) is 7.73. The van der Waals surface area contributed by atoms with E-state index in [0.717, 1.165) is 5.56 Å². The molecule has 0 fully saturated rings. The number of methoxy groups -OCH3 is 1. The lowest BCUT2D eigenvalue weighted by Crippen LogP contribution is -2.15. The van der Waals surface area contributed by atoms with Crippen molar-refractivity contribution in [2.24, 2.45) is 0 Å². The third-order valence-electron chi connectivity index (χ3n) is 2.84. The number of amides is 1. The minimum atomic E-state index is -0.152. The molecule has 0 heterocycles. The van der Waals surface area contributed by atoms with Gasteiger partial charge in [0, 0.05) is 21.2 Å². The monoisotopic (exact) mass is 368 g/mol. The van der Waals surface area contributed by atoms with Gasteiger partial charge in [-0.3, -0.25) is 4.79 Å². The number of nitrogens with two attached hydrogens (primary N) is 1. The van der Waals surface area contributed by atoms with Crippen molar-refractivity contribution in [3.63, 3.8) is 0 Å². The summed E-state index contributed by atoms with van der Waals surface area (Å²) in [5.74, 6) is 0.354. The second kappa shape index (κ2) is 6.83. The van der Waals surface area contributed by atoms with E-state index < -0.39 is 0 Å². The molecule has 0 aliphatic carbocycles. The van der Waals surface area contributed by atoms with Crippen LogP contribution in [-0.2, 0) is 11.2 Å². The molecule has 0 aliphatic rings. The van der Waals surface area contributed by atoms with Crippen molar-refractivity contribution < 1.29 is 9.53 Å². The van der Waals surface area contributed by atoms with Gasteiger partial charge < -0.3 is 15.8 Å². The molecule has 21 heavy (non-hydrogen) atoms. The summed E-state index contributed by atoms with van der Waals surface area (Å²) in [6.07, 6.45) is 0.247. The van der Waals surface area contributed by atoms with Crippen molar-refractivity contribution in [3.8, 4) is 5.75 Å². The summed E-state index contributed by atoms with van der Waals surface area (Å²) < 4.78 is 5.90. The normalized spacial score (nSPS) is 10.2. The molecule has 0 aliphatic heterocycles. The quantitative estimate of drug-likeness (QED) is 0.804. The molecule has 4 nitrogen and oxygen atoms in total. The first-order valence-corrected chi connectivity index (χ1v) is 7.34. The van der Waals surface area contributed by atoms with Crippen LogP contribution in [0.4, 0.5) is 11.4 Å². The SMILES string of the molecule is COc1cc(N)cc(Br)c1NC(=O)Cc1ccc(Cl)cc1. The van der Waals surface area contributed by atoms with Crippen LogP contribution in [0.15, 0.2) is 40.9 Å². The molecule has 110 valence electrons. The minimum Gasteiger partial charge on any atom is -0.494 e. The number of anilines is 2. The Morgan fingerprint density at radius 3 is 2.62 bits per heavy atom. The lowest BCUT2D eigenvalue weighted by molar-refractivity contribution is -0.115. The number of benzene rings is 2. The van der Waals surface area contributed by atoms with Gasteiger partial charge in [0.05, 0.1) is 19.2 Å². The lowest BCUT2D eigenvalue weighted by Gasteiger charge is -2.13. The molecule has 0 saturated heterocycles. The zero-order chi connectivity index (χ0) is 15.4. The number of nitrogens with one attached hydrogen (secondary N) is 1. The third kappa shape index (κ3) is 4.12. The summed E-state index contributed by atoms with van der Waals surface area (Å²) in [4.78, 5) is 12.1. The first kappa shape index (κ1) is 15.7. The van der Waals surface area contributed by atoms with E-state index in [0.29, 0.717) is 26.6 Å². The maximum absolute atomic E-state index is 12.1. The zero-order valence-corrected chi connectivity index (χ0v) is 13.7. The molecule has 2 rings (SSSR count). The van der Waals surface area contributed by atoms with E-state index in [4.69, 9.17) is 22.1 Å². The number of halogens is 2. The van der Waals surface area contributed by atoms with Crippen LogP contribution in [0.2, 0.25) is 5.02 Å². The van der Waals surface area contributed by atoms with Gasteiger partial charge in [-0.2, -0.15) is 0 Å². The van der Waals surface area contributed by atoms with Crippen molar-refractivity contribution in [3.05, 3.63) is 51.5 Å². The highest BCUT2D eigenvalue weighted by atomic mass is 79.9. The average molecular weight is 370 g/mol. The molecule has 0 saturated carbocycles. The molecular formula is C15H14BrClN2O2. The molecule has 2 aromatic carbocycles. The third-order valence-corrected chi connectivity index (χ3v) is 3.72. The number of carbonyl (C=O) groups excluding carboxylic acids is 1. The van der Waals surface area contributed by atoms with Crippen LogP contribution in [0, 0.1) is 0 Å². The van der Waals surface area contributed by atoms with E-state index in [1.165, 1.54) is 7.11 Å². The van der Waals surface area contributed by atoms with Gasteiger partial charge in [0.15, 0.2) is 0 Å². The molecule has 0 aromatic heterocycles. The summed E-state index contributed by atoms with van der Waals surface area (Å²) in [7, 11) is 1.52. The fourth-order valence-corrected chi connectivity index (χ4v) is 2.54. The highest BCUT2D eigenvalue weighted by Gasteiger charge is 2.13. The Hall–Kier alpha value is -1.72. The Morgan fingerprint density at radius 1 is 1.33 bits per heavy atom. The Morgan fingerprint density at radius 2 is 2.00 bits per heavy atom. The first-order chi connectivity index (χ1) is 9.99. The smallest absolute Gasteiger partial charge is 0.228 e. The highest BCUT2D eigenvalue weighted by molar-refractivity contribution is 9.10. The Labute approximate surface area is 136 Å². The lowest BCUT2D eigenvalue weighted by atomic mass is 10.1. The maximum atomic E-state index is 12.1. The van der Waals surface area contributed by atoms with Crippen LogP contribution >= 0.6 is 27.5 Å². The summed E-state index contributed by atoms with van der Waals surface area (Å²) in [5, 5.41) is 3.46. The van der Waals surface area contributed by atoms with Crippen LogP contribution in [0.3, 0.4) is 0 Å². The van der Waals surface area contributed by atoms with Crippen LogP contribution in [0.5, 0.6) is 5.75 Å². The van der Waals surface area contributed by atoms with E-state index in [1.54, 1.807) is 24.3 Å². The predicted molar refractivity (Wildman–Crippen MR) is 88.9 cm³/mol. The maximum Gasteiger partial charge on any atom is 0.228 e. The van der Waals surface area contributed by atoms with E-state index >= 15 is 0 Å².